The van der Waals surface area contributed by atoms with Crippen molar-refractivity contribution in [1.29, 1.82) is 0 Å². The lowest BCUT2D eigenvalue weighted by Gasteiger charge is -2.28. The number of rotatable bonds is 6. The molecule has 12 heteroatoms. The second kappa shape index (κ2) is 8.73. The zero-order valence-corrected chi connectivity index (χ0v) is 20.5. The summed E-state index contributed by atoms with van der Waals surface area (Å²) < 4.78 is 47.1. The molecule has 2 aromatic heterocycles. The monoisotopic (exact) mass is 556 g/mol. The first kappa shape index (κ1) is 24.3. The second-order valence-electron chi connectivity index (χ2n) is 8.10. The lowest BCUT2D eigenvalue weighted by atomic mass is 9.96. The van der Waals surface area contributed by atoms with Crippen LogP contribution < -0.4 is 15.8 Å². The lowest BCUT2D eigenvalue weighted by Crippen LogP contribution is -2.57. The summed E-state index contributed by atoms with van der Waals surface area (Å²) in [7, 11) is 1.57. The van der Waals surface area contributed by atoms with Crippen molar-refractivity contribution < 1.29 is 27.5 Å². The Morgan fingerprint density at radius 2 is 2.09 bits per heavy atom. The third-order valence-corrected chi connectivity index (χ3v) is 7.15. The largest absolute Gasteiger partial charge is 0.496 e. The molecule has 0 aliphatic carbocycles. The fraction of sp³-hybridized carbons (Fsp3) is 0.318. The van der Waals surface area contributed by atoms with Gasteiger partial charge in [0.15, 0.2) is 5.82 Å². The van der Waals surface area contributed by atoms with E-state index in [0.717, 1.165) is 22.9 Å². The molecule has 3 aromatic rings. The topological polar surface area (TPSA) is 99.2 Å². The molecule has 180 valence electrons. The Labute approximate surface area is 205 Å². The first-order chi connectivity index (χ1) is 15.9. The van der Waals surface area contributed by atoms with Crippen LogP contribution in [0.1, 0.15) is 29.5 Å². The Morgan fingerprint density at radius 1 is 1.35 bits per heavy atom. The highest BCUT2D eigenvalue weighted by Crippen LogP contribution is 2.43. The van der Waals surface area contributed by atoms with Gasteiger partial charge in [-0.05, 0) is 58.4 Å². The number of primary amides is 1. The average molecular weight is 557 g/mol. The van der Waals surface area contributed by atoms with Gasteiger partial charge in [0, 0.05) is 12.1 Å². The predicted molar refractivity (Wildman–Crippen MR) is 125 cm³/mol. The maximum atomic E-state index is 13.2. The predicted octanol–water partition coefficient (Wildman–Crippen LogP) is 4.53. The molecule has 1 aromatic carbocycles. The van der Waals surface area contributed by atoms with Gasteiger partial charge >= 0.3 is 6.18 Å². The molecule has 1 aliphatic rings. The zero-order chi connectivity index (χ0) is 24.8. The first-order valence-corrected chi connectivity index (χ1v) is 11.8. The first-order valence-electron chi connectivity index (χ1n) is 10.1. The van der Waals surface area contributed by atoms with E-state index in [-0.39, 0.29) is 5.82 Å². The van der Waals surface area contributed by atoms with Crippen LogP contribution in [0.2, 0.25) is 0 Å². The number of fused-ring (bicyclic) bond motifs is 3. The summed E-state index contributed by atoms with van der Waals surface area (Å²) in [5.74, 6) is -1.63. The van der Waals surface area contributed by atoms with Crippen LogP contribution in [-0.2, 0) is 17.8 Å². The molecule has 7 nitrogen and oxygen atoms in total. The molecule has 3 N–H and O–H groups in total. The number of thiophene rings is 1. The number of alkyl halides is 3. The minimum atomic E-state index is -4.71. The third kappa shape index (κ3) is 4.43. The molecule has 0 saturated heterocycles. The van der Waals surface area contributed by atoms with E-state index < -0.39 is 30.0 Å². The fourth-order valence-electron chi connectivity index (χ4n) is 4.01. The van der Waals surface area contributed by atoms with Crippen molar-refractivity contribution in [3.8, 4) is 27.6 Å². The van der Waals surface area contributed by atoms with Gasteiger partial charge in [0.2, 0.25) is 5.91 Å². The molecule has 0 spiro atoms. The van der Waals surface area contributed by atoms with Gasteiger partial charge in [-0.25, -0.2) is 4.98 Å². The number of aryl methyl sites for hydroxylation is 1. The number of benzene rings is 1. The van der Waals surface area contributed by atoms with Crippen molar-refractivity contribution in [3.05, 3.63) is 45.5 Å². The number of nitrogens with two attached hydrogens (primary N) is 1. The highest BCUT2D eigenvalue weighted by atomic mass is 79.9. The summed E-state index contributed by atoms with van der Waals surface area (Å²) in [6, 6.07) is 7.46. The number of halogens is 4. The number of imidazole rings is 1. The van der Waals surface area contributed by atoms with Crippen molar-refractivity contribution >= 4 is 39.1 Å². The Kier molecular flexibility index (Phi) is 6.23. The van der Waals surface area contributed by atoms with Crippen LogP contribution in [0.15, 0.2) is 34.1 Å². The number of carbonyl (C=O) groups is 2. The van der Waals surface area contributed by atoms with Gasteiger partial charge in [-0.3, -0.25) is 9.59 Å². The van der Waals surface area contributed by atoms with Crippen molar-refractivity contribution in [3.63, 3.8) is 0 Å². The molecular weight excluding hydrogens is 537 g/mol. The van der Waals surface area contributed by atoms with Crippen LogP contribution in [-0.4, -0.2) is 40.2 Å². The number of carbonyl (C=O) groups excluding carboxylic acids is 2. The molecule has 4 rings (SSSR count). The minimum Gasteiger partial charge on any atom is -0.496 e. The minimum absolute atomic E-state index is 0.0920. The normalized spacial score (nSPS) is 14.6. The average Bonchev–Trinajstić information content (AvgIpc) is 3.39. The fourth-order valence-corrected chi connectivity index (χ4v) is 5.23. The Morgan fingerprint density at radius 3 is 2.68 bits per heavy atom. The number of amides is 2. The molecule has 0 unspecified atom stereocenters. The smallest absolute Gasteiger partial charge is 0.391 e. The standard InChI is InChI=1S/C22H20BrF3N4O3S/c1-21(20(27)32,10-22(24,25)26)29-19(31)18-28-16(15-4-3-7-34-15)17-12-9-13(23)14(33-2)8-11(12)5-6-30(17)18/h3-4,7-9H,5-6,10H2,1-2H3,(H2,27,32)(H,29,31)/t21-/m0/s1. The highest BCUT2D eigenvalue weighted by Gasteiger charge is 2.45. The van der Waals surface area contributed by atoms with Crippen molar-refractivity contribution in [2.75, 3.05) is 7.11 Å². The number of ether oxygens (including phenoxy) is 1. The van der Waals surface area contributed by atoms with Gasteiger partial charge in [-0.15, -0.1) is 11.3 Å². The van der Waals surface area contributed by atoms with E-state index in [1.54, 1.807) is 11.7 Å². The van der Waals surface area contributed by atoms with E-state index >= 15 is 0 Å². The Hall–Kier alpha value is -2.86. The van der Waals surface area contributed by atoms with Crippen molar-refractivity contribution in [2.45, 2.75) is 38.0 Å². The molecule has 0 saturated carbocycles. The van der Waals surface area contributed by atoms with Crippen LogP contribution in [0, 0.1) is 0 Å². The SMILES string of the molecule is COc1cc2c(cc1Br)-c1c(-c3cccs3)nc(C(=O)N[C@@](C)(CC(F)(F)F)C(N)=O)n1CC2. The second-order valence-corrected chi connectivity index (χ2v) is 9.90. The van der Waals surface area contributed by atoms with Crippen LogP contribution in [0.3, 0.4) is 0 Å². The molecule has 2 amide bonds. The maximum absolute atomic E-state index is 13.2. The summed E-state index contributed by atoms with van der Waals surface area (Å²) in [6.07, 6.45) is -5.76. The molecule has 34 heavy (non-hydrogen) atoms. The molecule has 1 aliphatic heterocycles. The Bertz CT molecular complexity index is 1270. The van der Waals surface area contributed by atoms with Gasteiger partial charge in [-0.1, -0.05) is 6.07 Å². The van der Waals surface area contributed by atoms with Gasteiger partial charge in [0.05, 0.1) is 28.6 Å². The number of aromatic nitrogens is 2. The van der Waals surface area contributed by atoms with Crippen LogP contribution >= 0.6 is 27.3 Å². The molecule has 0 bridgehead atoms. The number of methoxy groups -OCH3 is 1. The van der Waals surface area contributed by atoms with Crippen molar-refractivity contribution in [1.82, 2.24) is 14.9 Å². The molecule has 0 fully saturated rings. The molecular formula is C22H20BrF3N4O3S. The number of hydrogen-bond donors (Lipinski definition) is 2. The Balaban J connectivity index is 1.84. The number of nitrogens with one attached hydrogen (secondary N) is 1. The third-order valence-electron chi connectivity index (χ3n) is 5.65. The molecule has 3 heterocycles. The quantitative estimate of drug-likeness (QED) is 0.465. The highest BCUT2D eigenvalue weighted by molar-refractivity contribution is 9.10. The van der Waals surface area contributed by atoms with Gasteiger partial charge < -0.3 is 20.4 Å². The van der Waals surface area contributed by atoms with Gasteiger partial charge in [0.1, 0.15) is 17.0 Å². The summed E-state index contributed by atoms with van der Waals surface area (Å²) in [6.45, 7) is 1.32. The number of nitrogens with zero attached hydrogens (tertiary/aromatic N) is 2. The van der Waals surface area contributed by atoms with Crippen LogP contribution in [0.25, 0.3) is 21.8 Å². The summed E-state index contributed by atoms with van der Waals surface area (Å²) in [5, 5.41) is 4.05. The summed E-state index contributed by atoms with van der Waals surface area (Å²) >= 11 is 4.91. The zero-order valence-electron chi connectivity index (χ0n) is 18.1. The summed E-state index contributed by atoms with van der Waals surface area (Å²) in [4.78, 5) is 30.4. The van der Waals surface area contributed by atoms with E-state index in [2.05, 4.69) is 26.2 Å². The van der Waals surface area contributed by atoms with E-state index in [4.69, 9.17) is 10.5 Å². The van der Waals surface area contributed by atoms with Crippen molar-refractivity contribution in [2.24, 2.45) is 5.73 Å². The lowest BCUT2D eigenvalue weighted by molar-refractivity contribution is -0.156. The van der Waals surface area contributed by atoms with Gasteiger partial charge in [0.25, 0.3) is 5.91 Å². The van der Waals surface area contributed by atoms with E-state index in [0.29, 0.717) is 34.6 Å². The number of hydrogen-bond acceptors (Lipinski definition) is 5. The van der Waals surface area contributed by atoms with E-state index in [1.807, 2.05) is 29.6 Å². The molecule has 1 atom stereocenters. The maximum Gasteiger partial charge on any atom is 0.391 e. The van der Waals surface area contributed by atoms with Crippen LogP contribution in [0.4, 0.5) is 13.2 Å². The summed E-state index contributed by atoms with van der Waals surface area (Å²) in [5.41, 5.74) is 5.90. The van der Waals surface area contributed by atoms with Gasteiger partial charge in [-0.2, -0.15) is 13.2 Å². The van der Waals surface area contributed by atoms with Crippen LogP contribution in [0.5, 0.6) is 5.75 Å². The van der Waals surface area contributed by atoms with E-state index in [1.165, 1.54) is 11.3 Å². The molecule has 0 radical (unpaired) electrons. The van der Waals surface area contributed by atoms with E-state index in [9.17, 15) is 22.8 Å².